The fourth-order valence-electron chi connectivity index (χ4n) is 1.15. The van der Waals surface area contributed by atoms with Crippen LogP contribution in [0, 0.1) is 0 Å². The van der Waals surface area contributed by atoms with Crippen LogP contribution in [-0.2, 0) is 6.54 Å². The summed E-state index contributed by atoms with van der Waals surface area (Å²) in [6, 6.07) is 1.86. The summed E-state index contributed by atoms with van der Waals surface area (Å²) in [5.41, 5.74) is 0. The summed E-state index contributed by atoms with van der Waals surface area (Å²) in [5.74, 6) is 1.41. The Morgan fingerprint density at radius 3 is 2.87 bits per heavy atom. The van der Waals surface area contributed by atoms with Gasteiger partial charge in [0, 0.05) is 17.2 Å². The summed E-state index contributed by atoms with van der Waals surface area (Å²) in [6.45, 7) is 2.86. The van der Waals surface area contributed by atoms with Crippen LogP contribution in [0.1, 0.15) is 6.92 Å². The van der Waals surface area contributed by atoms with Crippen LogP contribution >= 0.6 is 15.9 Å². The highest BCUT2D eigenvalue weighted by atomic mass is 79.9. The molecule has 0 spiro atoms. The maximum atomic E-state index is 5.57. The molecule has 0 fully saturated rings. The zero-order valence-electron chi connectivity index (χ0n) is 8.22. The third-order valence-electron chi connectivity index (χ3n) is 1.85. The second-order valence-corrected chi connectivity index (χ2v) is 3.89. The molecule has 2 aromatic rings. The molecule has 0 atom stereocenters. The smallest absolute Gasteiger partial charge is 0.165 e. The van der Waals surface area contributed by atoms with E-state index in [0.717, 1.165) is 16.8 Å². The van der Waals surface area contributed by atoms with Gasteiger partial charge in [0.2, 0.25) is 0 Å². The molecule has 4 nitrogen and oxygen atoms in total. The van der Waals surface area contributed by atoms with E-state index in [1.165, 1.54) is 0 Å². The van der Waals surface area contributed by atoms with Gasteiger partial charge in [0.1, 0.15) is 5.75 Å². The van der Waals surface area contributed by atoms with Gasteiger partial charge in [0.05, 0.1) is 18.6 Å². The Hall–Kier alpha value is -1.36. The number of hydrogen-bond donors (Lipinski definition) is 0. The van der Waals surface area contributed by atoms with Crippen molar-refractivity contribution in [2.24, 2.45) is 0 Å². The topological polar surface area (TPSA) is 39.9 Å². The lowest BCUT2D eigenvalue weighted by molar-refractivity contribution is 0.478. The van der Waals surface area contributed by atoms with Gasteiger partial charge in [0.15, 0.2) is 5.75 Å². The molecular formula is C10H10BrN3O. The van der Waals surface area contributed by atoms with Crippen molar-refractivity contribution in [2.75, 3.05) is 0 Å². The first-order valence-electron chi connectivity index (χ1n) is 4.59. The SMILES string of the molecule is CCn1cc(Oc2cncc(Br)c2)cn1. The molecule has 0 bridgehead atoms. The first-order valence-corrected chi connectivity index (χ1v) is 5.38. The number of aryl methyl sites for hydroxylation is 1. The zero-order valence-corrected chi connectivity index (χ0v) is 9.81. The maximum absolute atomic E-state index is 5.57. The molecule has 0 saturated heterocycles. The Labute approximate surface area is 96.0 Å². The van der Waals surface area contributed by atoms with Gasteiger partial charge in [-0.25, -0.2) is 0 Å². The van der Waals surface area contributed by atoms with Crippen molar-refractivity contribution in [1.29, 1.82) is 0 Å². The van der Waals surface area contributed by atoms with Gasteiger partial charge < -0.3 is 4.74 Å². The normalized spacial score (nSPS) is 10.3. The molecule has 2 heterocycles. The fourth-order valence-corrected chi connectivity index (χ4v) is 1.50. The van der Waals surface area contributed by atoms with E-state index in [1.807, 2.05) is 19.2 Å². The number of ether oxygens (including phenoxy) is 1. The van der Waals surface area contributed by atoms with E-state index in [4.69, 9.17) is 4.74 Å². The van der Waals surface area contributed by atoms with Crippen molar-refractivity contribution in [3.63, 3.8) is 0 Å². The number of nitrogens with zero attached hydrogens (tertiary/aromatic N) is 3. The van der Waals surface area contributed by atoms with Gasteiger partial charge in [-0.3, -0.25) is 9.67 Å². The molecule has 5 heteroatoms. The average Bonchev–Trinajstić information content (AvgIpc) is 2.65. The molecule has 15 heavy (non-hydrogen) atoms. The molecule has 0 saturated carbocycles. The molecule has 2 rings (SSSR count). The third-order valence-corrected chi connectivity index (χ3v) is 2.28. The summed E-state index contributed by atoms with van der Waals surface area (Å²) >= 11 is 3.33. The highest BCUT2D eigenvalue weighted by Gasteiger charge is 2.01. The minimum Gasteiger partial charge on any atom is -0.452 e. The van der Waals surface area contributed by atoms with Gasteiger partial charge in [-0.2, -0.15) is 5.10 Å². The lowest BCUT2D eigenvalue weighted by Gasteiger charge is -2.01. The quantitative estimate of drug-likeness (QED) is 0.859. The number of rotatable bonds is 3. The molecule has 0 aromatic carbocycles. The van der Waals surface area contributed by atoms with Crippen molar-refractivity contribution >= 4 is 15.9 Å². The molecule has 0 radical (unpaired) electrons. The monoisotopic (exact) mass is 267 g/mol. The Morgan fingerprint density at radius 2 is 2.20 bits per heavy atom. The Kier molecular flexibility index (Phi) is 3.01. The van der Waals surface area contributed by atoms with Gasteiger partial charge in [-0.1, -0.05) is 0 Å². The molecule has 78 valence electrons. The first kappa shape index (κ1) is 10.2. The second kappa shape index (κ2) is 4.44. The molecule has 0 aliphatic rings. The van der Waals surface area contributed by atoms with Crippen molar-refractivity contribution < 1.29 is 4.74 Å². The van der Waals surface area contributed by atoms with Crippen molar-refractivity contribution in [2.45, 2.75) is 13.5 Å². The van der Waals surface area contributed by atoms with Crippen LogP contribution in [0.5, 0.6) is 11.5 Å². The highest BCUT2D eigenvalue weighted by Crippen LogP contribution is 2.22. The van der Waals surface area contributed by atoms with Gasteiger partial charge >= 0.3 is 0 Å². The summed E-state index contributed by atoms with van der Waals surface area (Å²) in [5, 5.41) is 4.11. The summed E-state index contributed by atoms with van der Waals surface area (Å²) in [4.78, 5) is 4.01. The molecule has 0 unspecified atom stereocenters. The van der Waals surface area contributed by atoms with E-state index < -0.39 is 0 Å². The lowest BCUT2D eigenvalue weighted by Crippen LogP contribution is -1.92. The molecule has 0 aliphatic heterocycles. The number of aromatic nitrogens is 3. The van der Waals surface area contributed by atoms with Crippen LogP contribution in [0.25, 0.3) is 0 Å². The van der Waals surface area contributed by atoms with Crippen LogP contribution in [0.15, 0.2) is 35.3 Å². The summed E-state index contributed by atoms with van der Waals surface area (Å²) in [7, 11) is 0. The Morgan fingerprint density at radius 1 is 1.33 bits per heavy atom. The Bertz CT molecular complexity index is 455. The van der Waals surface area contributed by atoms with Crippen LogP contribution in [0.4, 0.5) is 0 Å². The lowest BCUT2D eigenvalue weighted by atomic mass is 10.4. The predicted octanol–water partition coefficient (Wildman–Crippen LogP) is 2.85. The predicted molar refractivity (Wildman–Crippen MR) is 59.9 cm³/mol. The van der Waals surface area contributed by atoms with Gasteiger partial charge in [0.25, 0.3) is 0 Å². The second-order valence-electron chi connectivity index (χ2n) is 2.97. The standard InChI is InChI=1S/C10H10BrN3O/c1-2-14-7-10(6-13-14)15-9-3-8(11)4-12-5-9/h3-7H,2H2,1H3. The molecule has 2 aromatic heterocycles. The molecule has 0 amide bonds. The van der Waals surface area contributed by atoms with Crippen molar-refractivity contribution in [1.82, 2.24) is 14.8 Å². The van der Waals surface area contributed by atoms with Crippen LogP contribution in [0.3, 0.4) is 0 Å². The summed E-state index contributed by atoms with van der Waals surface area (Å²) in [6.07, 6.45) is 6.90. The molecule has 0 N–H and O–H groups in total. The largest absolute Gasteiger partial charge is 0.452 e. The van der Waals surface area contributed by atoms with Crippen LogP contribution in [0.2, 0.25) is 0 Å². The van der Waals surface area contributed by atoms with Crippen LogP contribution < -0.4 is 4.74 Å². The van der Waals surface area contributed by atoms with E-state index in [-0.39, 0.29) is 0 Å². The van der Waals surface area contributed by atoms with E-state index in [9.17, 15) is 0 Å². The van der Waals surface area contributed by atoms with E-state index in [0.29, 0.717) is 5.75 Å². The summed E-state index contributed by atoms with van der Waals surface area (Å²) < 4.78 is 8.26. The van der Waals surface area contributed by atoms with E-state index in [1.54, 1.807) is 23.3 Å². The third kappa shape index (κ3) is 2.56. The first-order chi connectivity index (χ1) is 7.28. The van der Waals surface area contributed by atoms with Crippen LogP contribution in [-0.4, -0.2) is 14.8 Å². The number of halogens is 1. The Balaban J connectivity index is 2.14. The molecular weight excluding hydrogens is 258 g/mol. The number of pyridine rings is 1. The zero-order chi connectivity index (χ0) is 10.7. The minimum absolute atomic E-state index is 0.694. The van der Waals surface area contributed by atoms with E-state index in [2.05, 4.69) is 26.0 Å². The van der Waals surface area contributed by atoms with Crippen molar-refractivity contribution in [3.05, 3.63) is 35.3 Å². The number of hydrogen-bond acceptors (Lipinski definition) is 3. The van der Waals surface area contributed by atoms with Gasteiger partial charge in [-0.15, -0.1) is 0 Å². The molecule has 0 aliphatic carbocycles. The highest BCUT2D eigenvalue weighted by molar-refractivity contribution is 9.10. The van der Waals surface area contributed by atoms with Gasteiger partial charge in [-0.05, 0) is 28.9 Å². The maximum Gasteiger partial charge on any atom is 0.165 e. The minimum atomic E-state index is 0.694. The van der Waals surface area contributed by atoms with Crippen molar-refractivity contribution in [3.8, 4) is 11.5 Å². The fraction of sp³-hybridized carbons (Fsp3) is 0.200. The average molecular weight is 268 g/mol. The van der Waals surface area contributed by atoms with E-state index >= 15 is 0 Å².